The molecule has 0 unspecified atom stereocenters. The highest BCUT2D eigenvalue weighted by atomic mass is 16.6. The summed E-state index contributed by atoms with van der Waals surface area (Å²) in [7, 11) is 0. The maximum Gasteiger partial charge on any atom is 0.344 e. The molecule has 0 heterocycles. The molecule has 0 fully saturated rings. The molecule has 26 heavy (non-hydrogen) atoms. The Morgan fingerprint density at radius 3 is 2.35 bits per heavy atom. The van der Waals surface area contributed by atoms with Gasteiger partial charge in [0.05, 0.1) is 4.92 Å². The molecule has 136 valence electrons. The molecule has 8 nitrogen and oxygen atoms in total. The van der Waals surface area contributed by atoms with Crippen molar-refractivity contribution in [3.05, 3.63) is 70.3 Å². The third-order valence-electron chi connectivity index (χ3n) is 3.35. The number of nitro benzene ring substituents is 1. The van der Waals surface area contributed by atoms with Gasteiger partial charge in [0.2, 0.25) is 0 Å². The fraction of sp³-hybridized carbons (Fsp3) is 0.222. The first kappa shape index (κ1) is 18.9. The molecule has 0 radical (unpaired) electrons. The quantitative estimate of drug-likeness (QED) is 0.416. The van der Waals surface area contributed by atoms with Gasteiger partial charge in [0, 0.05) is 18.7 Å². The highest BCUT2D eigenvalue weighted by Crippen LogP contribution is 2.17. The summed E-state index contributed by atoms with van der Waals surface area (Å²) in [5.74, 6) is -0.814. The van der Waals surface area contributed by atoms with E-state index in [2.05, 4.69) is 5.32 Å². The summed E-state index contributed by atoms with van der Waals surface area (Å²) in [6.07, 6.45) is 0.684. The Morgan fingerprint density at radius 2 is 1.69 bits per heavy atom. The molecule has 2 aromatic rings. The van der Waals surface area contributed by atoms with Crippen molar-refractivity contribution in [1.82, 2.24) is 5.32 Å². The van der Waals surface area contributed by atoms with Gasteiger partial charge in [0.15, 0.2) is 13.2 Å². The van der Waals surface area contributed by atoms with Gasteiger partial charge < -0.3 is 14.8 Å². The second kappa shape index (κ2) is 9.77. The lowest BCUT2D eigenvalue weighted by atomic mass is 10.1. The molecule has 0 atom stereocenters. The molecular formula is C18H18N2O6. The fourth-order valence-corrected chi connectivity index (χ4v) is 2.04. The van der Waals surface area contributed by atoms with Crippen LogP contribution in [0.3, 0.4) is 0 Å². The van der Waals surface area contributed by atoms with Crippen LogP contribution in [0.4, 0.5) is 5.69 Å². The van der Waals surface area contributed by atoms with Crippen molar-refractivity contribution in [2.45, 2.75) is 6.42 Å². The molecule has 2 rings (SSSR count). The maximum atomic E-state index is 11.6. The van der Waals surface area contributed by atoms with Crippen molar-refractivity contribution in [3.8, 4) is 5.75 Å². The first-order chi connectivity index (χ1) is 12.5. The first-order valence-corrected chi connectivity index (χ1v) is 7.88. The number of esters is 1. The minimum atomic E-state index is -0.707. The molecular weight excluding hydrogens is 340 g/mol. The van der Waals surface area contributed by atoms with Crippen LogP contribution in [0.25, 0.3) is 0 Å². The lowest BCUT2D eigenvalue weighted by molar-refractivity contribution is -0.384. The van der Waals surface area contributed by atoms with Crippen LogP contribution in [-0.2, 0) is 20.7 Å². The van der Waals surface area contributed by atoms with Crippen molar-refractivity contribution in [2.24, 2.45) is 0 Å². The van der Waals surface area contributed by atoms with Crippen molar-refractivity contribution in [3.63, 3.8) is 0 Å². The minimum absolute atomic E-state index is 0.0768. The van der Waals surface area contributed by atoms with Crippen LogP contribution < -0.4 is 10.1 Å². The average Bonchev–Trinajstić information content (AvgIpc) is 2.66. The monoisotopic (exact) mass is 358 g/mol. The molecule has 0 saturated heterocycles. The Bertz CT molecular complexity index is 746. The molecule has 0 bridgehead atoms. The third kappa shape index (κ3) is 6.60. The summed E-state index contributed by atoms with van der Waals surface area (Å²) in [6, 6.07) is 15.0. The summed E-state index contributed by atoms with van der Waals surface area (Å²) in [6.45, 7) is -0.341. The van der Waals surface area contributed by atoms with Crippen LogP contribution >= 0.6 is 0 Å². The van der Waals surface area contributed by atoms with E-state index in [1.807, 2.05) is 30.3 Å². The van der Waals surface area contributed by atoms with Crippen molar-refractivity contribution < 1.29 is 24.0 Å². The van der Waals surface area contributed by atoms with Gasteiger partial charge in [-0.2, -0.15) is 0 Å². The lowest BCUT2D eigenvalue weighted by Gasteiger charge is -2.08. The number of carbonyl (C=O) groups is 2. The normalized spacial score (nSPS) is 10.0. The summed E-state index contributed by atoms with van der Waals surface area (Å²) in [4.78, 5) is 33.2. The fourth-order valence-electron chi connectivity index (χ4n) is 2.04. The molecule has 0 aromatic heterocycles. The Hall–Kier alpha value is -3.42. The van der Waals surface area contributed by atoms with Crippen LogP contribution in [0.1, 0.15) is 5.56 Å². The number of nitrogens with one attached hydrogen (secondary N) is 1. The SMILES string of the molecule is O=C(COC(=O)COc1ccc([N+](=O)[O-])cc1)NCCc1ccccc1. The number of hydrogen-bond acceptors (Lipinski definition) is 6. The number of ether oxygens (including phenoxy) is 2. The van der Waals surface area contributed by atoms with Crippen LogP contribution in [0.2, 0.25) is 0 Å². The molecule has 0 aliphatic carbocycles. The molecule has 2 aromatic carbocycles. The van der Waals surface area contributed by atoms with Crippen LogP contribution in [0.5, 0.6) is 5.75 Å². The average molecular weight is 358 g/mol. The first-order valence-electron chi connectivity index (χ1n) is 7.88. The maximum absolute atomic E-state index is 11.6. The zero-order chi connectivity index (χ0) is 18.8. The van der Waals surface area contributed by atoms with Gasteiger partial charge in [-0.1, -0.05) is 30.3 Å². The Kier molecular flexibility index (Phi) is 7.11. The van der Waals surface area contributed by atoms with Gasteiger partial charge in [-0.05, 0) is 24.1 Å². The number of rotatable bonds is 9. The minimum Gasteiger partial charge on any atom is -0.482 e. The predicted molar refractivity (Wildman–Crippen MR) is 92.7 cm³/mol. The van der Waals surface area contributed by atoms with Gasteiger partial charge in [-0.3, -0.25) is 14.9 Å². The highest BCUT2D eigenvalue weighted by molar-refractivity contribution is 5.80. The molecule has 0 spiro atoms. The van der Waals surface area contributed by atoms with E-state index in [0.29, 0.717) is 18.7 Å². The number of benzene rings is 2. The van der Waals surface area contributed by atoms with Gasteiger partial charge in [0.25, 0.3) is 11.6 Å². The lowest BCUT2D eigenvalue weighted by Crippen LogP contribution is -2.31. The van der Waals surface area contributed by atoms with Crippen LogP contribution in [0.15, 0.2) is 54.6 Å². The molecule has 0 saturated carbocycles. The number of nitro groups is 1. The zero-order valence-corrected chi connectivity index (χ0v) is 13.9. The van der Waals surface area contributed by atoms with Gasteiger partial charge in [0.1, 0.15) is 5.75 Å². The molecule has 1 N–H and O–H groups in total. The van der Waals surface area contributed by atoms with Gasteiger partial charge >= 0.3 is 5.97 Å². The second-order valence-corrected chi connectivity index (χ2v) is 5.29. The van der Waals surface area contributed by atoms with Crippen LogP contribution in [-0.4, -0.2) is 36.6 Å². The third-order valence-corrected chi connectivity index (χ3v) is 3.35. The van der Waals surface area contributed by atoms with E-state index in [-0.39, 0.29) is 5.69 Å². The number of nitrogens with zero attached hydrogens (tertiary/aromatic N) is 1. The predicted octanol–water partition coefficient (Wildman–Crippen LogP) is 1.88. The molecule has 0 aliphatic heterocycles. The van der Waals surface area contributed by atoms with E-state index in [1.54, 1.807) is 0 Å². The number of non-ortho nitro benzene ring substituents is 1. The van der Waals surface area contributed by atoms with E-state index in [0.717, 1.165) is 5.56 Å². The van der Waals surface area contributed by atoms with Crippen molar-refractivity contribution in [2.75, 3.05) is 19.8 Å². The van der Waals surface area contributed by atoms with Crippen molar-refractivity contribution in [1.29, 1.82) is 0 Å². The Labute approximate surface area is 149 Å². The summed E-state index contributed by atoms with van der Waals surface area (Å²) >= 11 is 0. The standard InChI is InChI=1S/C18H18N2O6/c21-17(19-11-10-14-4-2-1-3-5-14)12-26-18(22)13-25-16-8-6-15(7-9-16)20(23)24/h1-9H,10-13H2,(H,19,21). The number of amides is 1. The summed E-state index contributed by atoms with van der Waals surface area (Å²) in [5, 5.41) is 13.2. The Morgan fingerprint density at radius 1 is 1.00 bits per heavy atom. The molecule has 1 amide bonds. The smallest absolute Gasteiger partial charge is 0.344 e. The second-order valence-electron chi connectivity index (χ2n) is 5.29. The van der Waals surface area contributed by atoms with E-state index in [1.165, 1.54) is 24.3 Å². The van der Waals surface area contributed by atoms with E-state index < -0.39 is 30.0 Å². The van der Waals surface area contributed by atoms with E-state index in [4.69, 9.17) is 9.47 Å². The van der Waals surface area contributed by atoms with Crippen molar-refractivity contribution >= 4 is 17.6 Å². The Balaban J connectivity index is 1.61. The van der Waals surface area contributed by atoms with E-state index in [9.17, 15) is 19.7 Å². The van der Waals surface area contributed by atoms with E-state index >= 15 is 0 Å². The summed E-state index contributed by atoms with van der Waals surface area (Å²) < 4.78 is 9.95. The molecule has 8 heteroatoms. The van der Waals surface area contributed by atoms with Gasteiger partial charge in [-0.25, -0.2) is 4.79 Å². The number of hydrogen-bond donors (Lipinski definition) is 1. The largest absolute Gasteiger partial charge is 0.482 e. The zero-order valence-electron chi connectivity index (χ0n) is 13.9. The van der Waals surface area contributed by atoms with Crippen LogP contribution in [0, 0.1) is 10.1 Å². The summed E-state index contributed by atoms with van der Waals surface area (Å²) in [5.41, 5.74) is 1.02. The molecule has 0 aliphatic rings. The topological polar surface area (TPSA) is 108 Å². The highest BCUT2D eigenvalue weighted by Gasteiger charge is 2.09. The van der Waals surface area contributed by atoms with Gasteiger partial charge in [-0.15, -0.1) is 0 Å². The number of carbonyl (C=O) groups excluding carboxylic acids is 2.